The zero-order chi connectivity index (χ0) is 10.6. The lowest BCUT2D eigenvalue weighted by molar-refractivity contribution is -0.491. The second kappa shape index (κ2) is 4.30. The van der Waals surface area contributed by atoms with Crippen LogP contribution in [0.1, 0.15) is 17.4 Å². The molecular formula is C8H7N3O3. The van der Waals surface area contributed by atoms with Gasteiger partial charge in [0.05, 0.1) is 0 Å². The summed E-state index contributed by atoms with van der Waals surface area (Å²) in [6.45, 7) is -0.575. The third-order valence-electron chi connectivity index (χ3n) is 1.61. The van der Waals surface area contributed by atoms with E-state index in [0.717, 1.165) is 0 Å². The maximum absolute atomic E-state index is 10.1. The van der Waals surface area contributed by atoms with E-state index in [9.17, 15) is 15.2 Å². The van der Waals surface area contributed by atoms with Gasteiger partial charge in [0, 0.05) is 11.1 Å². The highest BCUT2D eigenvalue weighted by Gasteiger charge is 2.14. The van der Waals surface area contributed by atoms with E-state index < -0.39 is 17.6 Å². The van der Waals surface area contributed by atoms with E-state index >= 15 is 0 Å². The van der Waals surface area contributed by atoms with E-state index in [1.165, 1.54) is 18.3 Å². The Kier molecular flexibility index (Phi) is 3.09. The first kappa shape index (κ1) is 10.1. The molecule has 1 aromatic rings. The molecular weight excluding hydrogens is 186 g/mol. The van der Waals surface area contributed by atoms with Gasteiger partial charge in [-0.25, -0.2) is 4.98 Å². The number of nitriles is 1. The highest BCUT2D eigenvalue weighted by atomic mass is 16.6. The van der Waals surface area contributed by atoms with Crippen molar-refractivity contribution < 1.29 is 10.0 Å². The van der Waals surface area contributed by atoms with Crippen molar-refractivity contribution in [3.63, 3.8) is 0 Å². The monoisotopic (exact) mass is 193 g/mol. The van der Waals surface area contributed by atoms with E-state index in [1.54, 1.807) is 6.07 Å². The van der Waals surface area contributed by atoms with Crippen LogP contribution in [-0.2, 0) is 0 Å². The lowest BCUT2D eigenvalue weighted by Crippen LogP contribution is -2.12. The largest absolute Gasteiger partial charge is 0.382 e. The third-order valence-corrected chi connectivity index (χ3v) is 1.61. The molecule has 0 fully saturated rings. The molecule has 0 saturated heterocycles. The number of pyridine rings is 1. The Morgan fingerprint density at radius 2 is 2.50 bits per heavy atom. The normalized spacial score (nSPS) is 11.7. The number of hydrogen-bond acceptors (Lipinski definition) is 5. The molecule has 0 aliphatic rings. The molecule has 0 aliphatic carbocycles. The van der Waals surface area contributed by atoms with Gasteiger partial charge in [0.15, 0.2) is 0 Å². The topological polar surface area (TPSA) is 100 Å². The summed E-state index contributed by atoms with van der Waals surface area (Å²) >= 11 is 0. The molecule has 6 nitrogen and oxygen atoms in total. The van der Waals surface area contributed by atoms with E-state index in [4.69, 9.17) is 5.26 Å². The van der Waals surface area contributed by atoms with Gasteiger partial charge in [-0.05, 0) is 17.7 Å². The molecule has 0 aliphatic heterocycles. The van der Waals surface area contributed by atoms with Gasteiger partial charge in [-0.1, -0.05) is 0 Å². The third kappa shape index (κ3) is 2.50. The molecule has 1 N–H and O–H groups in total. The summed E-state index contributed by atoms with van der Waals surface area (Å²) in [5.74, 6) is 0. The zero-order valence-corrected chi connectivity index (χ0v) is 7.12. The Balaban J connectivity index is 2.85. The summed E-state index contributed by atoms with van der Waals surface area (Å²) in [7, 11) is 0. The Hall–Kier alpha value is -2.00. The van der Waals surface area contributed by atoms with Crippen LogP contribution >= 0.6 is 0 Å². The smallest absolute Gasteiger partial charge is 0.233 e. The second-order valence-electron chi connectivity index (χ2n) is 2.62. The summed E-state index contributed by atoms with van der Waals surface area (Å²) in [4.78, 5) is 13.2. The van der Waals surface area contributed by atoms with Gasteiger partial charge in [-0.2, -0.15) is 5.26 Å². The van der Waals surface area contributed by atoms with Crippen LogP contribution in [0.4, 0.5) is 0 Å². The fourth-order valence-corrected chi connectivity index (χ4v) is 0.962. The minimum absolute atomic E-state index is 0.130. The summed E-state index contributed by atoms with van der Waals surface area (Å²) in [6.07, 6.45) is 0.136. The summed E-state index contributed by atoms with van der Waals surface area (Å²) in [6, 6.07) is 4.55. The molecule has 1 rings (SSSR count). The molecule has 1 atom stereocenters. The van der Waals surface area contributed by atoms with Gasteiger partial charge in [-0.15, -0.1) is 0 Å². The number of aliphatic hydroxyl groups excluding tert-OH is 1. The van der Waals surface area contributed by atoms with Crippen LogP contribution in [0.15, 0.2) is 18.3 Å². The van der Waals surface area contributed by atoms with Crippen LogP contribution in [0.25, 0.3) is 0 Å². The van der Waals surface area contributed by atoms with Crippen molar-refractivity contribution in [1.82, 2.24) is 4.98 Å². The van der Waals surface area contributed by atoms with Crippen molar-refractivity contribution in [3.8, 4) is 6.07 Å². The van der Waals surface area contributed by atoms with E-state index in [2.05, 4.69) is 4.98 Å². The number of nitrogens with zero attached hydrogens (tertiary/aromatic N) is 3. The van der Waals surface area contributed by atoms with Crippen LogP contribution < -0.4 is 0 Å². The Bertz CT molecular complexity index is 386. The van der Waals surface area contributed by atoms with E-state index in [1.807, 2.05) is 0 Å². The zero-order valence-electron chi connectivity index (χ0n) is 7.12. The number of rotatable bonds is 3. The standard InChI is InChI=1S/C8H7N3O3/c9-4-7-3-6(1-2-10-7)8(12)5-11(13)14/h1-3,8,12H,5H2. The molecule has 0 saturated carbocycles. The van der Waals surface area contributed by atoms with Crippen molar-refractivity contribution in [1.29, 1.82) is 5.26 Å². The molecule has 72 valence electrons. The Morgan fingerprint density at radius 3 is 3.07 bits per heavy atom. The summed E-state index contributed by atoms with van der Waals surface area (Å²) in [5, 5.41) is 27.9. The number of nitro groups is 1. The lowest BCUT2D eigenvalue weighted by atomic mass is 10.1. The fraction of sp³-hybridized carbons (Fsp3) is 0.250. The number of aromatic nitrogens is 1. The van der Waals surface area contributed by atoms with Crippen molar-refractivity contribution in [2.75, 3.05) is 6.54 Å². The summed E-state index contributed by atoms with van der Waals surface area (Å²) in [5.41, 5.74) is 0.457. The Morgan fingerprint density at radius 1 is 1.79 bits per heavy atom. The minimum atomic E-state index is -1.19. The molecule has 0 spiro atoms. The number of hydrogen-bond donors (Lipinski definition) is 1. The first-order valence-corrected chi connectivity index (χ1v) is 3.79. The molecule has 1 unspecified atom stereocenters. The summed E-state index contributed by atoms with van der Waals surface area (Å²) < 4.78 is 0. The first-order valence-electron chi connectivity index (χ1n) is 3.79. The van der Waals surface area contributed by atoms with Gasteiger partial charge in [0.25, 0.3) is 0 Å². The molecule has 14 heavy (non-hydrogen) atoms. The SMILES string of the molecule is N#Cc1cc(C(O)C[N+](=O)[O-])ccn1. The molecule has 0 radical (unpaired) electrons. The van der Waals surface area contributed by atoms with Crippen molar-refractivity contribution >= 4 is 0 Å². The van der Waals surface area contributed by atoms with Crippen LogP contribution in [0.3, 0.4) is 0 Å². The Labute approximate surface area is 79.6 Å². The van der Waals surface area contributed by atoms with Crippen molar-refractivity contribution in [2.24, 2.45) is 0 Å². The van der Waals surface area contributed by atoms with E-state index in [-0.39, 0.29) is 5.69 Å². The van der Waals surface area contributed by atoms with Crippen LogP contribution in [0, 0.1) is 21.4 Å². The molecule has 0 bridgehead atoms. The molecule has 1 aromatic heterocycles. The van der Waals surface area contributed by atoms with Gasteiger partial charge in [-0.3, -0.25) is 10.1 Å². The average molecular weight is 193 g/mol. The second-order valence-corrected chi connectivity index (χ2v) is 2.62. The van der Waals surface area contributed by atoms with Gasteiger partial charge in [0.1, 0.15) is 17.9 Å². The maximum atomic E-state index is 10.1. The van der Waals surface area contributed by atoms with Crippen LogP contribution in [-0.4, -0.2) is 21.6 Å². The predicted octanol–water partition coefficient (Wildman–Crippen LogP) is 0.263. The highest BCUT2D eigenvalue weighted by Crippen LogP contribution is 2.12. The predicted molar refractivity (Wildman–Crippen MR) is 45.8 cm³/mol. The number of aliphatic hydroxyl groups is 1. The average Bonchev–Trinajstić information content (AvgIpc) is 2.17. The lowest BCUT2D eigenvalue weighted by Gasteiger charge is -2.05. The van der Waals surface area contributed by atoms with E-state index in [0.29, 0.717) is 5.56 Å². The fourth-order valence-electron chi connectivity index (χ4n) is 0.962. The van der Waals surface area contributed by atoms with Crippen LogP contribution in [0.5, 0.6) is 0 Å². The minimum Gasteiger partial charge on any atom is -0.382 e. The molecule has 0 amide bonds. The molecule has 6 heteroatoms. The van der Waals surface area contributed by atoms with Gasteiger partial charge in [0.2, 0.25) is 6.54 Å². The molecule has 0 aromatic carbocycles. The van der Waals surface area contributed by atoms with Crippen molar-refractivity contribution in [3.05, 3.63) is 39.7 Å². The van der Waals surface area contributed by atoms with Gasteiger partial charge >= 0.3 is 0 Å². The maximum Gasteiger partial charge on any atom is 0.233 e. The quantitative estimate of drug-likeness (QED) is 0.548. The highest BCUT2D eigenvalue weighted by molar-refractivity contribution is 5.26. The first-order chi connectivity index (χ1) is 6.63. The van der Waals surface area contributed by atoms with Crippen LogP contribution in [0.2, 0.25) is 0 Å². The van der Waals surface area contributed by atoms with Crippen molar-refractivity contribution in [2.45, 2.75) is 6.10 Å². The van der Waals surface area contributed by atoms with Gasteiger partial charge < -0.3 is 5.11 Å². The molecule has 1 heterocycles.